The van der Waals surface area contributed by atoms with Crippen molar-refractivity contribution in [3.05, 3.63) is 96.3 Å². The molecule has 1 nitrogen and oxygen atoms in total. The third-order valence-corrected chi connectivity index (χ3v) is 6.72. The average molecular weight is 310 g/mol. The molecule has 0 aliphatic carbocycles. The summed E-state index contributed by atoms with van der Waals surface area (Å²) in [6.07, 6.45) is 0.318. The first-order chi connectivity index (χ1) is 10.7. The van der Waals surface area contributed by atoms with Gasteiger partial charge in [0.15, 0.2) is 0 Å². The molecule has 0 radical (unpaired) electrons. The van der Waals surface area contributed by atoms with Gasteiger partial charge in [0.05, 0.1) is 0 Å². The van der Waals surface area contributed by atoms with Crippen LogP contribution in [0.25, 0.3) is 0 Å². The highest BCUT2D eigenvalue weighted by Crippen LogP contribution is 2.46. The van der Waals surface area contributed by atoms with Crippen LogP contribution in [0.5, 0.6) is 0 Å². The molecule has 22 heavy (non-hydrogen) atoms. The van der Waals surface area contributed by atoms with Gasteiger partial charge in [-0.3, -0.25) is 0 Å². The smallest absolute Gasteiger partial charge is 0.147 e. The van der Waals surface area contributed by atoms with E-state index < -0.39 is 7.14 Å². The number of halogens is 1. The van der Waals surface area contributed by atoms with E-state index in [1.165, 1.54) is 12.1 Å². The first-order valence-electron chi connectivity index (χ1n) is 7.13. The highest BCUT2D eigenvalue weighted by atomic mass is 31.2. The maximum atomic E-state index is 13.8. The van der Waals surface area contributed by atoms with Crippen LogP contribution in [0, 0.1) is 5.82 Å². The summed E-state index contributed by atoms with van der Waals surface area (Å²) in [5.41, 5.74) is 0.746. The van der Waals surface area contributed by atoms with Crippen molar-refractivity contribution >= 4 is 17.8 Å². The molecule has 0 atom stereocenters. The quantitative estimate of drug-likeness (QED) is 0.655. The summed E-state index contributed by atoms with van der Waals surface area (Å²) in [6.45, 7) is 0. The third kappa shape index (κ3) is 3.03. The largest absolute Gasteiger partial charge is 0.313 e. The molecule has 3 aromatic rings. The van der Waals surface area contributed by atoms with Crippen molar-refractivity contribution in [2.24, 2.45) is 0 Å². The Balaban J connectivity index is 2.10. The van der Waals surface area contributed by atoms with Crippen LogP contribution in [0.15, 0.2) is 84.9 Å². The van der Waals surface area contributed by atoms with Gasteiger partial charge in [0.2, 0.25) is 0 Å². The Labute approximate surface area is 129 Å². The van der Waals surface area contributed by atoms with Crippen LogP contribution in [0.4, 0.5) is 4.39 Å². The molecule has 0 heterocycles. The molecule has 0 fully saturated rings. The number of hydrogen-bond donors (Lipinski definition) is 0. The van der Waals surface area contributed by atoms with E-state index in [2.05, 4.69) is 0 Å². The molecular weight excluding hydrogens is 294 g/mol. The average Bonchev–Trinajstić information content (AvgIpc) is 2.56. The van der Waals surface area contributed by atoms with E-state index in [9.17, 15) is 8.96 Å². The van der Waals surface area contributed by atoms with Crippen molar-refractivity contribution in [3.8, 4) is 0 Å². The Hall–Kier alpha value is -2.18. The van der Waals surface area contributed by atoms with Gasteiger partial charge in [-0.2, -0.15) is 0 Å². The monoisotopic (exact) mass is 310 g/mol. The molecule has 0 N–H and O–H groups in total. The second-order valence-electron chi connectivity index (χ2n) is 5.20. The summed E-state index contributed by atoms with van der Waals surface area (Å²) in [7, 11) is -2.83. The van der Waals surface area contributed by atoms with E-state index in [4.69, 9.17) is 0 Å². The second-order valence-corrected chi connectivity index (χ2v) is 8.03. The van der Waals surface area contributed by atoms with Gasteiger partial charge in [0.1, 0.15) is 13.0 Å². The van der Waals surface area contributed by atoms with Crippen LogP contribution in [0.3, 0.4) is 0 Å². The Morgan fingerprint density at radius 1 is 0.727 bits per heavy atom. The van der Waals surface area contributed by atoms with Crippen molar-refractivity contribution in [3.63, 3.8) is 0 Å². The van der Waals surface area contributed by atoms with Crippen LogP contribution in [-0.2, 0) is 10.7 Å². The fourth-order valence-electron chi connectivity index (χ4n) is 2.56. The van der Waals surface area contributed by atoms with Gasteiger partial charge in [-0.1, -0.05) is 72.8 Å². The van der Waals surface area contributed by atoms with Gasteiger partial charge in [-0.15, -0.1) is 0 Å². The molecule has 0 unspecified atom stereocenters. The zero-order valence-electron chi connectivity index (χ0n) is 12.0. The molecule has 3 heteroatoms. The van der Waals surface area contributed by atoms with E-state index >= 15 is 0 Å². The standard InChI is InChI=1S/C19H16FOP/c20-17-9-7-8-16(14-17)15-22(21,18-10-3-1-4-11-18)19-12-5-2-6-13-19/h1-14H,15H2. The SMILES string of the molecule is O=P(Cc1cccc(F)c1)(c1ccccc1)c1ccccc1. The summed E-state index contributed by atoms with van der Waals surface area (Å²) in [6, 6.07) is 25.2. The molecule has 0 amide bonds. The predicted molar refractivity (Wildman–Crippen MR) is 89.9 cm³/mol. The van der Waals surface area contributed by atoms with Crippen molar-refractivity contribution in [1.82, 2.24) is 0 Å². The van der Waals surface area contributed by atoms with Gasteiger partial charge >= 0.3 is 0 Å². The molecule has 0 saturated carbocycles. The molecule has 0 aliphatic heterocycles. The summed E-state index contributed by atoms with van der Waals surface area (Å²) in [5, 5.41) is 1.59. The van der Waals surface area contributed by atoms with Crippen LogP contribution in [-0.4, -0.2) is 0 Å². The minimum absolute atomic E-state index is 0.301. The van der Waals surface area contributed by atoms with Gasteiger partial charge < -0.3 is 4.57 Å². The first-order valence-corrected chi connectivity index (χ1v) is 9.02. The third-order valence-electron chi connectivity index (χ3n) is 3.64. The van der Waals surface area contributed by atoms with E-state index in [-0.39, 0.29) is 5.82 Å². The molecule has 0 aromatic heterocycles. The summed E-state index contributed by atoms with van der Waals surface area (Å²) in [5.74, 6) is -0.301. The highest BCUT2D eigenvalue weighted by molar-refractivity contribution is 7.78. The highest BCUT2D eigenvalue weighted by Gasteiger charge is 2.27. The summed E-state index contributed by atoms with van der Waals surface area (Å²) >= 11 is 0. The van der Waals surface area contributed by atoms with Crippen molar-refractivity contribution in [2.45, 2.75) is 6.16 Å². The van der Waals surface area contributed by atoms with E-state index in [0.717, 1.165) is 16.2 Å². The van der Waals surface area contributed by atoms with E-state index in [0.29, 0.717) is 6.16 Å². The van der Waals surface area contributed by atoms with Crippen LogP contribution in [0.2, 0.25) is 0 Å². The topological polar surface area (TPSA) is 17.1 Å². The number of benzene rings is 3. The lowest BCUT2D eigenvalue weighted by Crippen LogP contribution is -2.17. The zero-order valence-corrected chi connectivity index (χ0v) is 12.9. The fraction of sp³-hybridized carbons (Fsp3) is 0.0526. The molecule has 110 valence electrons. The Morgan fingerprint density at radius 2 is 1.27 bits per heavy atom. The van der Waals surface area contributed by atoms with Crippen molar-refractivity contribution < 1.29 is 8.96 Å². The van der Waals surface area contributed by atoms with Gasteiger partial charge in [-0.05, 0) is 17.7 Å². The zero-order chi connectivity index (χ0) is 15.4. The van der Waals surface area contributed by atoms with Crippen molar-refractivity contribution in [2.75, 3.05) is 0 Å². The van der Waals surface area contributed by atoms with E-state index in [1.54, 1.807) is 6.07 Å². The van der Waals surface area contributed by atoms with Crippen LogP contribution in [0.1, 0.15) is 5.56 Å². The fourth-order valence-corrected chi connectivity index (χ4v) is 5.24. The maximum absolute atomic E-state index is 13.8. The van der Waals surface area contributed by atoms with Crippen molar-refractivity contribution in [1.29, 1.82) is 0 Å². The minimum atomic E-state index is -2.83. The maximum Gasteiger partial charge on any atom is 0.147 e. The Kier molecular flexibility index (Phi) is 4.22. The summed E-state index contributed by atoms with van der Waals surface area (Å²) < 4.78 is 27.2. The Morgan fingerprint density at radius 3 is 1.77 bits per heavy atom. The van der Waals surface area contributed by atoms with Gasteiger partial charge in [0.25, 0.3) is 0 Å². The number of hydrogen-bond acceptors (Lipinski definition) is 1. The Bertz CT molecular complexity index is 756. The lowest BCUT2D eigenvalue weighted by atomic mass is 10.2. The molecule has 0 spiro atoms. The summed E-state index contributed by atoms with van der Waals surface area (Å²) in [4.78, 5) is 0. The van der Waals surface area contributed by atoms with Gasteiger partial charge in [-0.25, -0.2) is 4.39 Å². The second kappa shape index (κ2) is 6.29. The lowest BCUT2D eigenvalue weighted by molar-refractivity contribution is 0.586. The normalized spacial score (nSPS) is 11.3. The molecule has 3 aromatic carbocycles. The molecular formula is C19H16FOP. The minimum Gasteiger partial charge on any atom is -0.313 e. The lowest BCUT2D eigenvalue weighted by Gasteiger charge is -2.19. The van der Waals surface area contributed by atoms with E-state index in [1.807, 2.05) is 66.7 Å². The van der Waals surface area contributed by atoms with Crippen LogP contribution >= 0.6 is 7.14 Å². The molecule has 3 rings (SSSR count). The van der Waals surface area contributed by atoms with Crippen LogP contribution < -0.4 is 10.6 Å². The molecule has 0 bridgehead atoms. The molecule has 0 aliphatic rings. The predicted octanol–water partition coefficient (Wildman–Crippen LogP) is 4.34. The molecule has 0 saturated heterocycles. The van der Waals surface area contributed by atoms with Gasteiger partial charge in [0, 0.05) is 16.8 Å². The first kappa shape index (κ1) is 14.7. The number of rotatable bonds is 4.